The average molecular weight is 323 g/mol. The van der Waals surface area contributed by atoms with Crippen LogP contribution in [0.1, 0.15) is 51.4 Å². The van der Waals surface area contributed by atoms with Crippen molar-refractivity contribution in [3.05, 3.63) is 0 Å². The van der Waals surface area contributed by atoms with Crippen LogP contribution < -0.4 is 0 Å². The van der Waals surface area contributed by atoms with Crippen molar-refractivity contribution in [3.63, 3.8) is 0 Å². The molecule has 2 saturated heterocycles. The van der Waals surface area contributed by atoms with E-state index in [4.69, 9.17) is 0 Å². The molecule has 1 atom stereocenters. The molecule has 5 nitrogen and oxygen atoms in total. The fraction of sp³-hybridized carbons (Fsp3) is 0.944. The van der Waals surface area contributed by atoms with Gasteiger partial charge in [0.1, 0.15) is 0 Å². The number of rotatable bonds is 3. The normalized spacial score (nSPS) is 30.3. The molecule has 2 heterocycles. The number of nitrogens with zero attached hydrogens (tertiary/aromatic N) is 3. The van der Waals surface area contributed by atoms with E-state index in [0.29, 0.717) is 12.5 Å². The molecule has 1 N–H and O–H groups in total. The summed E-state index contributed by atoms with van der Waals surface area (Å²) in [5.74, 6) is 0.162. The van der Waals surface area contributed by atoms with Crippen LogP contribution in [0, 0.1) is 0 Å². The largest absolute Gasteiger partial charge is 0.389 e. The molecule has 0 radical (unpaired) electrons. The Bertz CT molecular complexity index is 401. The minimum Gasteiger partial charge on any atom is -0.389 e. The van der Waals surface area contributed by atoms with E-state index >= 15 is 0 Å². The molecule has 0 bridgehead atoms. The third-order valence-electron chi connectivity index (χ3n) is 6.05. The zero-order chi connectivity index (χ0) is 16.3. The Morgan fingerprint density at radius 1 is 1.04 bits per heavy atom. The second-order valence-corrected chi connectivity index (χ2v) is 7.94. The highest BCUT2D eigenvalue weighted by Crippen LogP contribution is 2.31. The first-order chi connectivity index (χ1) is 11.1. The first-order valence-electron chi connectivity index (χ1n) is 9.48. The van der Waals surface area contributed by atoms with E-state index < -0.39 is 5.60 Å². The van der Waals surface area contributed by atoms with Crippen LogP contribution in [0.25, 0.3) is 0 Å². The van der Waals surface area contributed by atoms with E-state index in [1.165, 1.54) is 25.8 Å². The molecule has 23 heavy (non-hydrogen) atoms. The summed E-state index contributed by atoms with van der Waals surface area (Å²) in [6.45, 7) is 6.01. The maximum atomic E-state index is 12.5. The first-order valence-corrected chi connectivity index (χ1v) is 9.48. The van der Waals surface area contributed by atoms with Crippen molar-refractivity contribution < 1.29 is 9.90 Å². The summed E-state index contributed by atoms with van der Waals surface area (Å²) in [6.07, 6.45) is 7.83. The molecule has 3 fully saturated rings. The van der Waals surface area contributed by atoms with Crippen molar-refractivity contribution in [2.75, 3.05) is 46.3 Å². The molecule has 5 heteroatoms. The molecule has 0 aromatic heterocycles. The lowest BCUT2D eigenvalue weighted by molar-refractivity contribution is -0.140. The number of likely N-dealkylation sites (tertiary alicyclic amines) is 1. The van der Waals surface area contributed by atoms with Gasteiger partial charge >= 0.3 is 0 Å². The molecule has 1 amide bonds. The van der Waals surface area contributed by atoms with Crippen molar-refractivity contribution in [1.29, 1.82) is 0 Å². The van der Waals surface area contributed by atoms with Crippen LogP contribution in [0.2, 0.25) is 0 Å². The predicted molar refractivity (Wildman–Crippen MR) is 91.3 cm³/mol. The second-order valence-electron chi connectivity index (χ2n) is 7.94. The van der Waals surface area contributed by atoms with Crippen LogP contribution in [0.5, 0.6) is 0 Å². The average Bonchev–Trinajstić information content (AvgIpc) is 2.55. The van der Waals surface area contributed by atoms with Gasteiger partial charge in [-0.3, -0.25) is 9.69 Å². The van der Waals surface area contributed by atoms with Gasteiger partial charge in [0.15, 0.2) is 0 Å². The van der Waals surface area contributed by atoms with Crippen LogP contribution in [0.4, 0.5) is 0 Å². The van der Waals surface area contributed by atoms with Crippen molar-refractivity contribution in [3.8, 4) is 0 Å². The quantitative estimate of drug-likeness (QED) is 0.851. The lowest BCUT2D eigenvalue weighted by atomic mass is 9.82. The number of amides is 1. The van der Waals surface area contributed by atoms with E-state index in [1.807, 2.05) is 4.90 Å². The number of piperazine rings is 1. The van der Waals surface area contributed by atoms with Gasteiger partial charge in [-0.1, -0.05) is 19.3 Å². The highest BCUT2D eigenvalue weighted by molar-refractivity contribution is 5.77. The maximum absolute atomic E-state index is 12.5. The molecule has 0 spiro atoms. The molecule has 132 valence electrons. The van der Waals surface area contributed by atoms with E-state index in [-0.39, 0.29) is 5.91 Å². The molecule has 3 rings (SSSR count). The van der Waals surface area contributed by atoms with Crippen LogP contribution in [0.15, 0.2) is 0 Å². The first kappa shape index (κ1) is 17.2. The minimum atomic E-state index is -0.724. The van der Waals surface area contributed by atoms with Crippen molar-refractivity contribution in [2.24, 2.45) is 0 Å². The lowest BCUT2D eigenvalue weighted by Crippen LogP contribution is -2.56. The zero-order valence-corrected chi connectivity index (χ0v) is 14.7. The molecule has 0 aromatic rings. The van der Waals surface area contributed by atoms with Gasteiger partial charge in [-0.25, -0.2) is 0 Å². The van der Waals surface area contributed by atoms with Gasteiger partial charge in [-0.05, 0) is 39.3 Å². The van der Waals surface area contributed by atoms with E-state index in [1.54, 1.807) is 0 Å². The van der Waals surface area contributed by atoms with Gasteiger partial charge in [-0.15, -0.1) is 0 Å². The van der Waals surface area contributed by atoms with Crippen molar-refractivity contribution in [2.45, 2.75) is 63.0 Å². The minimum absolute atomic E-state index is 0.162. The number of carbonyl (C=O) groups is 1. The lowest BCUT2D eigenvalue weighted by Gasteiger charge is -2.43. The Morgan fingerprint density at radius 2 is 1.74 bits per heavy atom. The van der Waals surface area contributed by atoms with Gasteiger partial charge in [0, 0.05) is 38.8 Å². The summed E-state index contributed by atoms with van der Waals surface area (Å²) < 4.78 is 0. The monoisotopic (exact) mass is 323 g/mol. The summed E-state index contributed by atoms with van der Waals surface area (Å²) in [5, 5.41) is 10.6. The molecule has 0 unspecified atom stereocenters. The molecule has 0 aromatic carbocycles. The number of likely N-dealkylation sites (N-methyl/N-ethyl adjacent to an activating group) is 1. The molecular weight excluding hydrogens is 290 g/mol. The van der Waals surface area contributed by atoms with Gasteiger partial charge in [-0.2, -0.15) is 0 Å². The molecule has 1 aliphatic carbocycles. The van der Waals surface area contributed by atoms with Crippen LogP contribution in [-0.4, -0.2) is 83.7 Å². The van der Waals surface area contributed by atoms with Gasteiger partial charge in [0.05, 0.1) is 12.0 Å². The number of aliphatic hydroxyl groups is 1. The Morgan fingerprint density at radius 3 is 2.39 bits per heavy atom. The van der Waals surface area contributed by atoms with Gasteiger partial charge in [0.2, 0.25) is 5.91 Å². The third-order valence-corrected chi connectivity index (χ3v) is 6.05. The number of piperidine rings is 1. The summed E-state index contributed by atoms with van der Waals surface area (Å²) in [4.78, 5) is 19.5. The molecule has 2 aliphatic heterocycles. The van der Waals surface area contributed by atoms with Crippen LogP contribution in [0.3, 0.4) is 0 Å². The Hall–Kier alpha value is -0.650. The van der Waals surface area contributed by atoms with E-state index in [2.05, 4.69) is 16.8 Å². The number of hydrogen-bond acceptors (Lipinski definition) is 4. The topological polar surface area (TPSA) is 47.0 Å². The van der Waals surface area contributed by atoms with Crippen LogP contribution >= 0.6 is 0 Å². The number of carbonyl (C=O) groups excluding carboxylic acids is 1. The standard InChI is InChI=1S/C18H33N3O2/c1-19-9-5-6-16(15-19)20-10-12-21(13-11-20)17(22)14-18(23)7-3-2-4-8-18/h16,23H,2-15H2,1H3/t16-/m0/s1. The third kappa shape index (κ3) is 4.46. The molecule has 1 saturated carbocycles. The molecule has 3 aliphatic rings. The summed E-state index contributed by atoms with van der Waals surface area (Å²) in [6, 6.07) is 0.661. The SMILES string of the molecule is CN1CCC[C@H](N2CCN(C(=O)CC3(O)CCCCC3)CC2)C1. The van der Waals surface area contributed by atoms with Gasteiger partial charge < -0.3 is 14.9 Å². The fourth-order valence-electron chi connectivity index (χ4n) is 4.55. The van der Waals surface area contributed by atoms with Crippen molar-refractivity contribution in [1.82, 2.24) is 14.7 Å². The number of hydrogen-bond donors (Lipinski definition) is 1. The smallest absolute Gasteiger partial charge is 0.225 e. The van der Waals surface area contributed by atoms with E-state index in [0.717, 1.165) is 58.4 Å². The highest BCUT2D eigenvalue weighted by Gasteiger charge is 2.35. The Kier molecular flexibility index (Phi) is 5.60. The predicted octanol–water partition coefficient (Wildman–Crippen LogP) is 1.31. The zero-order valence-electron chi connectivity index (χ0n) is 14.7. The highest BCUT2D eigenvalue weighted by atomic mass is 16.3. The van der Waals surface area contributed by atoms with Gasteiger partial charge in [0.25, 0.3) is 0 Å². The fourth-order valence-corrected chi connectivity index (χ4v) is 4.55. The van der Waals surface area contributed by atoms with Crippen LogP contribution in [-0.2, 0) is 4.79 Å². The van der Waals surface area contributed by atoms with E-state index in [9.17, 15) is 9.90 Å². The summed E-state index contributed by atoms with van der Waals surface area (Å²) >= 11 is 0. The van der Waals surface area contributed by atoms with Crippen molar-refractivity contribution >= 4 is 5.91 Å². The Balaban J connectivity index is 1.45. The second kappa shape index (κ2) is 7.49. The maximum Gasteiger partial charge on any atom is 0.225 e. The summed E-state index contributed by atoms with van der Waals surface area (Å²) in [5.41, 5.74) is -0.724. The molecular formula is C18H33N3O2. The summed E-state index contributed by atoms with van der Waals surface area (Å²) in [7, 11) is 2.21. The Labute approximate surface area is 140 Å².